The van der Waals surface area contributed by atoms with E-state index < -0.39 is 0 Å². The Bertz CT molecular complexity index is 595. The van der Waals surface area contributed by atoms with Crippen LogP contribution in [0.5, 0.6) is 11.5 Å². The van der Waals surface area contributed by atoms with Gasteiger partial charge in [-0.1, -0.05) is 33.1 Å². The second-order valence-electron chi connectivity index (χ2n) is 7.36. The van der Waals surface area contributed by atoms with Crippen LogP contribution >= 0.6 is 0 Å². The Morgan fingerprint density at radius 3 is 2.31 bits per heavy atom. The van der Waals surface area contributed by atoms with Crippen molar-refractivity contribution in [3.8, 4) is 17.6 Å². The molecule has 1 fully saturated rings. The predicted molar refractivity (Wildman–Crippen MR) is 102 cm³/mol. The van der Waals surface area contributed by atoms with Gasteiger partial charge in [0.25, 0.3) is 0 Å². The summed E-state index contributed by atoms with van der Waals surface area (Å²) in [6.45, 7) is 4.98. The predicted octanol–water partition coefficient (Wildman–Crippen LogP) is 5.66. The molecule has 0 spiro atoms. The number of hydrogen-bond donors (Lipinski definition) is 0. The highest BCUT2D eigenvalue weighted by molar-refractivity contribution is 5.75. The molecule has 0 amide bonds. The topological polar surface area (TPSA) is 59.3 Å². The summed E-state index contributed by atoms with van der Waals surface area (Å²) in [5, 5.41) is 9.55. The van der Waals surface area contributed by atoms with Crippen molar-refractivity contribution in [2.45, 2.75) is 71.6 Å². The molecular formula is C22H31NO3. The summed E-state index contributed by atoms with van der Waals surface area (Å²) >= 11 is 0. The Morgan fingerprint density at radius 1 is 1.12 bits per heavy atom. The number of ether oxygens (including phenoxy) is 2. The van der Waals surface area contributed by atoms with E-state index in [4.69, 9.17) is 9.47 Å². The summed E-state index contributed by atoms with van der Waals surface area (Å²) in [6.07, 6.45) is 8.34. The Morgan fingerprint density at radius 2 is 1.73 bits per heavy atom. The summed E-state index contributed by atoms with van der Waals surface area (Å²) in [5.41, 5.74) is -0.232. The van der Waals surface area contributed by atoms with Gasteiger partial charge in [0.2, 0.25) is 0 Å². The van der Waals surface area contributed by atoms with Gasteiger partial charge in [-0.05, 0) is 62.8 Å². The maximum atomic E-state index is 12.4. The van der Waals surface area contributed by atoms with Crippen LogP contribution in [-0.4, -0.2) is 12.6 Å². The van der Waals surface area contributed by atoms with Crippen molar-refractivity contribution in [2.24, 2.45) is 11.3 Å². The largest absolute Gasteiger partial charge is 0.494 e. The first-order chi connectivity index (χ1) is 12.6. The van der Waals surface area contributed by atoms with Gasteiger partial charge < -0.3 is 9.47 Å². The summed E-state index contributed by atoms with van der Waals surface area (Å²) < 4.78 is 11.2. The zero-order chi connectivity index (χ0) is 18.8. The Kier molecular flexibility index (Phi) is 7.97. The van der Waals surface area contributed by atoms with Gasteiger partial charge in [-0.2, -0.15) is 5.26 Å². The van der Waals surface area contributed by atoms with Crippen LogP contribution < -0.4 is 9.47 Å². The van der Waals surface area contributed by atoms with Crippen LogP contribution in [0.1, 0.15) is 71.6 Å². The number of hydrogen-bond acceptors (Lipinski definition) is 4. The monoisotopic (exact) mass is 357 g/mol. The number of carbonyl (C=O) groups is 1. The van der Waals surface area contributed by atoms with Crippen LogP contribution in [0.3, 0.4) is 0 Å². The van der Waals surface area contributed by atoms with Gasteiger partial charge in [-0.15, -0.1) is 0 Å². The van der Waals surface area contributed by atoms with E-state index in [1.165, 1.54) is 0 Å². The number of nitriles is 1. The van der Waals surface area contributed by atoms with Crippen molar-refractivity contribution in [3.05, 3.63) is 24.3 Å². The number of esters is 1. The Labute approximate surface area is 157 Å². The summed E-state index contributed by atoms with van der Waals surface area (Å²) in [5.74, 6) is 1.08. The molecule has 0 N–H and O–H groups in total. The van der Waals surface area contributed by atoms with Crippen molar-refractivity contribution in [3.63, 3.8) is 0 Å². The van der Waals surface area contributed by atoms with Crippen LogP contribution in [0, 0.1) is 22.7 Å². The third kappa shape index (κ3) is 5.76. The first-order valence-electron chi connectivity index (χ1n) is 9.98. The molecule has 1 aliphatic carbocycles. The van der Waals surface area contributed by atoms with Gasteiger partial charge >= 0.3 is 5.97 Å². The van der Waals surface area contributed by atoms with E-state index in [9.17, 15) is 10.1 Å². The number of carbonyl (C=O) groups excluding carboxylic acids is 1. The van der Waals surface area contributed by atoms with Gasteiger partial charge in [0.15, 0.2) is 0 Å². The van der Waals surface area contributed by atoms with Crippen LogP contribution in [0.15, 0.2) is 24.3 Å². The van der Waals surface area contributed by atoms with E-state index in [0.717, 1.165) is 63.5 Å². The zero-order valence-electron chi connectivity index (χ0n) is 16.1. The van der Waals surface area contributed by atoms with Crippen molar-refractivity contribution in [1.82, 2.24) is 0 Å². The molecule has 142 valence electrons. The Hall–Kier alpha value is -2.02. The SMILES string of the molecule is CCCCOc1ccc(OC(=O)C2CCC(C#N)(CCCC)CC2)cc1. The molecule has 1 aliphatic rings. The van der Waals surface area contributed by atoms with E-state index in [-0.39, 0.29) is 17.3 Å². The van der Waals surface area contributed by atoms with E-state index >= 15 is 0 Å². The molecule has 1 saturated carbocycles. The third-order valence-electron chi connectivity index (χ3n) is 5.33. The summed E-state index contributed by atoms with van der Waals surface area (Å²) in [7, 11) is 0. The molecule has 0 radical (unpaired) electrons. The minimum absolute atomic E-state index is 0.0985. The summed E-state index contributed by atoms with van der Waals surface area (Å²) in [6, 6.07) is 9.76. The second-order valence-corrected chi connectivity index (χ2v) is 7.36. The van der Waals surface area contributed by atoms with Crippen LogP contribution in [-0.2, 0) is 4.79 Å². The standard InChI is InChI=1S/C22H31NO3/c1-3-5-13-22(17-23)14-11-18(12-15-22)21(24)26-20-9-7-19(8-10-20)25-16-6-4-2/h7-10,18H,3-6,11-16H2,1-2H3. The first-order valence-corrected chi connectivity index (χ1v) is 9.98. The fourth-order valence-electron chi connectivity index (χ4n) is 3.48. The molecular weight excluding hydrogens is 326 g/mol. The van der Waals surface area contributed by atoms with Crippen molar-refractivity contribution in [1.29, 1.82) is 5.26 Å². The van der Waals surface area contributed by atoms with Crippen molar-refractivity contribution >= 4 is 5.97 Å². The van der Waals surface area contributed by atoms with Gasteiger partial charge in [-0.3, -0.25) is 4.79 Å². The normalized spacial score (nSPS) is 22.4. The molecule has 0 bridgehead atoms. The second kappa shape index (κ2) is 10.2. The number of rotatable bonds is 9. The highest BCUT2D eigenvalue weighted by Crippen LogP contribution is 2.42. The van der Waals surface area contributed by atoms with Crippen molar-refractivity contribution in [2.75, 3.05) is 6.61 Å². The lowest BCUT2D eigenvalue weighted by atomic mass is 9.69. The molecule has 4 heteroatoms. The average molecular weight is 357 g/mol. The fraction of sp³-hybridized carbons (Fsp3) is 0.636. The average Bonchev–Trinajstić information content (AvgIpc) is 2.68. The molecule has 26 heavy (non-hydrogen) atoms. The van der Waals surface area contributed by atoms with E-state index in [1.807, 2.05) is 12.1 Å². The lowest BCUT2D eigenvalue weighted by molar-refractivity contribution is -0.140. The number of unbranched alkanes of at least 4 members (excludes halogenated alkanes) is 2. The minimum Gasteiger partial charge on any atom is -0.494 e. The quantitative estimate of drug-likeness (QED) is 0.325. The fourth-order valence-corrected chi connectivity index (χ4v) is 3.48. The highest BCUT2D eigenvalue weighted by Gasteiger charge is 2.37. The molecule has 2 rings (SSSR count). The highest BCUT2D eigenvalue weighted by atomic mass is 16.5. The molecule has 0 saturated heterocycles. The Balaban J connectivity index is 1.82. The first kappa shape index (κ1) is 20.3. The third-order valence-corrected chi connectivity index (χ3v) is 5.33. The van der Waals surface area contributed by atoms with E-state index in [1.54, 1.807) is 12.1 Å². The molecule has 0 atom stereocenters. The molecule has 0 heterocycles. The number of nitrogens with zero attached hydrogens (tertiary/aromatic N) is 1. The molecule has 1 aromatic carbocycles. The van der Waals surface area contributed by atoms with Crippen LogP contribution in [0.25, 0.3) is 0 Å². The molecule has 4 nitrogen and oxygen atoms in total. The molecule has 0 aromatic heterocycles. The lowest BCUT2D eigenvalue weighted by Gasteiger charge is -2.34. The number of benzene rings is 1. The van der Waals surface area contributed by atoms with Gasteiger partial charge in [0, 0.05) is 0 Å². The molecule has 0 aliphatic heterocycles. The summed E-state index contributed by atoms with van der Waals surface area (Å²) in [4.78, 5) is 12.4. The van der Waals surface area contributed by atoms with Crippen LogP contribution in [0.2, 0.25) is 0 Å². The zero-order valence-corrected chi connectivity index (χ0v) is 16.1. The maximum Gasteiger partial charge on any atom is 0.314 e. The van der Waals surface area contributed by atoms with Gasteiger partial charge in [0.05, 0.1) is 24.0 Å². The minimum atomic E-state index is -0.232. The van der Waals surface area contributed by atoms with Gasteiger partial charge in [0.1, 0.15) is 11.5 Å². The van der Waals surface area contributed by atoms with Crippen LogP contribution in [0.4, 0.5) is 0 Å². The van der Waals surface area contributed by atoms with Gasteiger partial charge in [-0.25, -0.2) is 0 Å². The maximum absolute atomic E-state index is 12.4. The molecule has 0 unspecified atom stereocenters. The molecule has 1 aromatic rings. The smallest absolute Gasteiger partial charge is 0.314 e. The lowest BCUT2D eigenvalue weighted by Crippen LogP contribution is -2.31. The van der Waals surface area contributed by atoms with E-state index in [0.29, 0.717) is 12.4 Å². The van der Waals surface area contributed by atoms with E-state index in [2.05, 4.69) is 19.9 Å². The van der Waals surface area contributed by atoms with Crippen molar-refractivity contribution < 1.29 is 14.3 Å².